The highest BCUT2D eigenvalue weighted by molar-refractivity contribution is 5.73. The van der Waals surface area contributed by atoms with Gasteiger partial charge in [-0.15, -0.1) is 0 Å². The summed E-state index contributed by atoms with van der Waals surface area (Å²) in [6.45, 7) is 4.61. The molecule has 1 atom stereocenters. The fraction of sp³-hybridized carbons (Fsp3) is 0.450. The van der Waals surface area contributed by atoms with Crippen molar-refractivity contribution in [2.75, 3.05) is 4.90 Å². The highest BCUT2D eigenvalue weighted by Crippen LogP contribution is 2.54. The number of para-hydroxylation sites is 1. The van der Waals surface area contributed by atoms with Gasteiger partial charge in [0, 0.05) is 28.9 Å². The van der Waals surface area contributed by atoms with E-state index in [1.54, 1.807) is 0 Å². The Kier molecular flexibility index (Phi) is 3.21. The summed E-state index contributed by atoms with van der Waals surface area (Å²) in [4.78, 5) is 7.28. The number of fused-ring (bicyclic) bond motifs is 2. The third-order valence-corrected chi connectivity index (χ3v) is 5.86. The second kappa shape index (κ2) is 5.12. The van der Waals surface area contributed by atoms with E-state index in [0.29, 0.717) is 11.5 Å². The van der Waals surface area contributed by atoms with Crippen LogP contribution < -0.4 is 4.90 Å². The van der Waals surface area contributed by atoms with Gasteiger partial charge in [0.05, 0.1) is 0 Å². The summed E-state index contributed by atoms with van der Waals surface area (Å²) in [5, 5.41) is 0. The molecule has 1 aromatic heterocycles. The normalized spacial score (nSPS) is 22.8. The molecule has 0 bridgehead atoms. The van der Waals surface area contributed by atoms with Crippen molar-refractivity contribution in [2.45, 2.75) is 57.4 Å². The Morgan fingerprint density at radius 3 is 2.59 bits per heavy atom. The number of anilines is 2. The molecule has 0 N–H and O–H groups in total. The second-order valence-electron chi connectivity index (χ2n) is 6.92. The SMILES string of the molecule is Cc1ccccc1N1c2ncccc2C2(CCCCC2)C1C. The zero-order valence-electron chi connectivity index (χ0n) is 13.5. The zero-order valence-corrected chi connectivity index (χ0v) is 13.5. The Balaban J connectivity index is 1.89. The first-order chi connectivity index (χ1) is 10.7. The molecule has 2 nitrogen and oxygen atoms in total. The minimum Gasteiger partial charge on any atom is -0.322 e. The molecule has 114 valence electrons. The lowest BCUT2D eigenvalue weighted by atomic mass is 9.67. The molecule has 0 amide bonds. The van der Waals surface area contributed by atoms with Gasteiger partial charge in [-0.05, 0) is 44.4 Å². The molecule has 1 saturated carbocycles. The molecule has 2 aromatic rings. The van der Waals surface area contributed by atoms with Gasteiger partial charge in [-0.3, -0.25) is 0 Å². The van der Waals surface area contributed by atoms with E-state index in [2.05, 4.69) is 55.1 Å². The van der Waals surface area contributed by atoms with Crippen LogP contribution in [0.25, 0.3) is 0 Å². The molecule has 22 heavy (non-hydrogen) atoms. The number of nitrogens with zero attached hydrogens (tertiary/aromatic N) is 2. The van der Waals surface area contributed by atoms with Crippen molar-refractivity contribution in [1.82, 2.24) is 4.98 Å². The molecule has 0 radical (unpaired) electrons. The van der Waals surface area contributed by atoms with Gasteiger partial charge >= 0.3 is 0 Å². The van der Waals surface area contributed by atoms with Gasteiger partial charge in [0.25, 0.3) is 0 Å². The summed E-state index contributed by atoms with van der Waals surface area (Å²) >= 11 is 0. The van der Waals surface area contributed by atoms with E-state index in [1.807, 2.05) is 6.20 Å². The van der Waals surface area contributed by atoms with Crippen LogP contribution in [-0.4, -0.2) is 11.0 Å². The summed E-state index contributed by atoms with van der Waals surface area (Å²) in [6, 6.07) is 13.6. The molecule has 2 heteroatoms. The van der Waals surface area contributed by atoms with Crippen LogP contribution in [0.3, 0.4) is 0 Å². The summed E-state index contributed by atoms with van der Waals surface area (Å²) in [7, 11) is 0. The van der Waals surface area contributed by atoms with Crippen LogP contribution in [-0.2, 0) is 5.41 Å². The van der Waals surface area contributed by atoms with Crippen LogP contribution in [0.15, 0.2) is 42.6 Å². The number of hydrogen-bond acceptors (Lipinski definition) is 2. The Morgan fingerprint density at radius 1 is 1.05 bits per heavy atom. The van der Waals surface area contributed by atoms with Gasteiger partial charge in [-0.2, -0.15) is 0 Å². The van der Waals surface area contributed by atoms with Crippen LogP contribution in [0, 0.1) is 6.92 Å². The Bertz CT molecular complexity index is 686. The smallest absolute Gasteiger partial charge is 0.137 e. The average Bonchev–Trinajstić information content (AvgIpc) is 2.79. The molecule has 1 fully saturated rings. The van der Waals surface area contributed by atoms with Gasteiger partial charge in [0.15, 0.2) is 0 Å². The Hall–Kier alpha value is -1.83. The Morgan fingerprint density at radius 2 is 1.82 bits per heavy atom. The quantitative estimate of drug-likeness (QED) is 0.724. The van der Waals surface area contributed by atoms with Crippen molar-refractivity contribution in [3.8, 4) is 0 Å². The van der Waals surface area contributed by atoms with E-state index >= 15 is 0 Å². The molecular weight excluding hydrogens is 268 g/mol. The summed E-state index contributed by atoms with van der Waals surface area (Å²) in [5.41, 5.74) is 4.42. The van der Waals surface area contributed by atoms with Gasteiger partial charge < -0.3 is 4.90 Å². The predicted octanol–water partition coefficient (Wildman–Crippen LogP) is 5.13. The maximum atomic E-state index is 4.78. The number of hydrogen-bond donors (Lipinski definition) is 0. The zero-order chi connectivity index (χ0) is 15.2. The van der Waals surface area contributed by atoms with Gasteiger partial charge in [0.2, 0.25) is 0 Å². The standard InChI is InChI=1S/C20H24N2/c1-15-9-4-5-11-18(15)22-16(2)20(12-6-3-7-13-20)17-10-8-14-21-19(17)22/h4-5,8-11,14,16H,3,6-7,12-13H2,1-2H3. The van der Waals surface area contributed by atoms with Gasteiger partial charge in [-0.25, -0.2) is 4.98 Å². The van der Waals surface area contributed by atoms with E-state index in [1.165, 1.54) is 54.7 Å². The fourth-order valence-electron chi connectivity index (χ4n) is 4.66. The Labute approximate surface area is 133 Å². The van der Waals surface area contributed by atoms with Crippen molar-refractivity contribution in [3.63, 3.8) is 0 Å². The largest absolute Gasteiger partial charge is 0.322 e. The molecular formula is C20H24N2. The van der Waals surface area contributed by atoms with Crippen LogP contribution >= 0.6 is 0 Å². The number of aryl methyl sites for hydroxylation is 1. The summed E-state index contributed by atoms with van der Waals surface area (Å²) in [5.74, 6) is 1.19. The molecule has 2 heterocycles. The number of rotatable bonds is 1. The van der Waals surface area contributed by atoms with Crippen LogP contribution in [0.2, 0.25) is 0 Å². The topological polar surface area (TPSA) is 16.1 Å². The summed E-state index contributed by atoms with van der Waals surface area (Å²) in [6.07, 6.45) is 8.62. The molecule has 1 aliphatic heterocycles. The fourth-order valence-corrected chi connectivity index (χ4v) is 4.66. The molecule has 2 aliphatic rings. The number of pyridine rings is 1. The highest BCUT2D eigenvalue weighted by atomic mass is 15.3. The highest BCUT2D eigenvalue weighted by Gasteiger charge is 2.50. The number of aromatic nitrogens is 1. The third-order valence-electron chi connectivity index (χ3n) is 5.86. The first kappa shape index (κ1) is 13.8. The van der Waals surface area contributed by atoms with Crippen molar-refractivity contribution < 1.29 is 0 Å². The van der Waals surface area contributed by atoms with E-state index in [0.717, 1.165) is 0 Å². The lowest BCUT2D eigenvalue weighted by molar-refractivity contribution is 0.268. The van der Waals surface area contributed by atoms with Gasteiger partial charge in [0.1, 0.15) is 5.82 Å². The van der Waals surface area contributed by atoms with E-state index in [9.17, 15) is 0 Å². The van der Waals surface area contributed by atoms with E-state index in [-0.39, 0.29) is 0 Å². The van der Waals surface area contributed by atoms with Crippen LogP contribution in [0.5, 0.6) is 0 Å². The third kappa shape index (κ3) is 1.83. The van der Waals surface area contributed by atoms with Crippen molar-refractivity contribution in [1.29, 1.82) is 0 Å². The molecule has 0 saturated heterocycles. The van der Waals surface area contributed by atoms with Gasteiger partial charge in [-0.1, -0.05) is 43.5 Å². The molecule has 1 aromatic carbocycles. The molecule has 4 rings (SSSR count). The van der Waals surface area contributed by atoms with Crippen LogP contribution in [0.1, 0.15) is 50.2 Å². The second-order valence-corrected chi connectivity index (χ2v) is 6.92. The maximum absolute atomic E-state index is 4.78. The summed E-state index contributed by atoms with van der Waals surface area (Å²) < 4.78 is 0. The van der Waals surface area contributed by atoms with Crippen LogP contribution in [0.4, 0.5) is 11.5 Å². The predicted molar refractivity (Wildman–Crippen MR) is 91.8 cm³/mol. The van der Waals surface area contributed by atoms with Crippen molar-refractivity contribution >= 4 is 11.5 Å². The van der Waals surface area contributed by atoms with Crippen molar-refractivity contribution in [3.05, 3.63) is 53.7 Å². The van der Waals surface area contributed by atoms with E-state index < -0.39 is 0 Å². The lowest BCUT2D eigenvalue weighted by Gasteiger charge is -2.40. The molecule has 1 spiro atoms. The molecule has 1 aliphatic carbocycles. The average molecular weight is 292 g/mol. The monoisotopic (exact) mass is 292 g/mol. The van der Waals surface area contributed by atoms with Crippen molar-refractivity contribution in [2.24, 2.45) is 0 Å². The minimum atomic E-state index is 0.296. The minimum absolute atomic E-state index is 0.296. The maximum Gasteiger partial charge on any atom is 0.137 e. The van der Waals surface area contributed by atoms with E-state index in [4.69, 9.17) is 4.98 Å². The first-order valence-corrected chi connectivity index (χ1v) is 8.54. The number of benzene rings is 1. The first-order valence-electron chi connectivity index (χ1n) is 8.54. The molecule has 1 unspecified atom stereocenters. The lowest BCUT2D eigenvalue weighted by Crippen LogP contribution is -2.42.